The summed E-state index contributed by atoms with van der Waals surface area (Å²) >= 11 is 1.45. The van der Waals surface area contributed by atoms with Crippen LogP contribution in [0, 0.1) is 6.92 Å². The van der Waals surface area contributed by atoms with Gasteiger partial charge in [0.2, 0.25) is 5.91 Å². The largest absolute Gasteiger partial charge is 0.313 e. The number of anilines is 1. The second kappa shape index (κ2) is 8.85. The van der Waals surface area contributed by atoms with Crippen molar-refractivity contribution < 1.29 is 14.4 Å². The summed E-state index contributed by atoms with van der Waals surface area (Å²) in [7, 11) is 0. The zero-order valence-electron chi connectivity index (χ0n) is 17.5. The van der Waals surface area contributed by atoms with Gasteiger partial charge in [0, 0.05) is 28.4 Å². The normalized spacial score (nSPS) is 13.2. The second-order valence-electron chi connectivity index (χ2n) is 7.72. The molecule has 3 N–H and O–H groups in total. The predicted molar refractivity (Wildman–Crippen MR) is 121 cm³/mol. The van der Waals surface area contributed by atoms with E-state index in [0.717, 1.165) is 59.1 Å². The van der Waals surface area contributed by atoms with Crippen LogP contribution in [-0.4, -0.2) is 22.7 Å². The van der Waals surface area contributed by atoms with E-state index < -0.39 is 5.91 Å². The van der Waals surface area contributed by atoms with E-state index in [1.54, 1.807) is 12.1 Å². The highest BCUT2D eigenvalue weighted by atomic mass is 32.1. The SMILES string of the molecule is CC(=O)NNC(=O)c1c(NC(=O)c2ccc3nc(C)ccc3c2)sc2c1CCCCC2. The van der Waals surface area contributed by atoms with Gasteiger partial charge in [-0.05, 0) is 62.4 Å². The van der Waals surface area contributed by atoms with Crippen LogP contribution in [0.15, 0.2) is 30.3 Å². The van der Waals surface area contributed by atoms with Gasteiger partial charge >= 0.3 is 0 Å². The summed E-state index contributed by atoms with van der Waals surface area (Å²) in [5.74, 6) is -1.06. The minimum Gasteiger partial charge on any atom is -0.313 e. The van der Waals surface area contributed by atoms with Crippen molar-refractivity contribution in [3.05, 3.63) is 57.6 Å². The summed E-state index contributed by atoms with van der Waals surface area (Å²) < 4.78 is 0. The maximum absolute atomic E-state index is 13.0. The average molecular weight is 437 g/mol. The first-order valence-corrected chi connectivity index (χ1v) is 11.1. The molecular formula is C23H24N4O3S. The number of carbonyl (C=O) groups is 3. The third-order valence-corrected chi connectivity index (χ3v) is 6.53. The standard InChI is InChI=1S/C23H24N4O3S/c1-13-8-9-15-12-16(10-11-18(15)24-13)21(29)25-23-20(22(30)27-26-14(2)28)17-6-4-3-5-7-19(17)31-23/h8-12H,3-7H2,1-2H3,(H,25,29)(H,26,28)(H,27,30). The molecule has 0 unspecified atom stereocenters. The van der Waals surface area contributed by atoms with E-state index in [9.17, 15) is 14.4 Å². The summed E-state index contributed by atoms with van der Waals surface area (Å²) in [4.78, 5) is 42.7. The molecule has 31 heavy (non-hydrogen) atoms. The van der Waals surface area contributed by atoms with Gasteiger partial charge < -0.3 is 5.32 Å². The van der Waals surface area contributed by atoms with Crippen molar-refractivity contribution in [2.75, 3.05) is 5.32 Å². The van der Waals surface area contributed by atoms with Crippen molar-refractivity contribution >= 4 is 45.0 Å². The molecule has 1 aliphatic rings. The Morgan fingerprint density at radius 3 is 2.58 bits per heavy atom. The Morgan fingerprint density at radius 1 is 0.968 bits per heavy atom. The molecule has 1 aromatic carbocycles. The number of thiophene rings is 1. The first-order chi connectivity index (χ1) is 14.9. The van der Waals surface area contributed by atoms with Crippen LogP contribution in [-0.2, 0) is 17.6 Å². The minimum atomic E-state index is -0.414. The Balaban J connectivity index is 1.65. The number of hydrazine groups is 1. The number of aryl methyl sites for hydroxylation is 2. The molecule has 8 heteroatoms. The molecule has 0 atom stereocenters. The molecule has 0 radical (unpaired) electrons. The fraction of sp³-hybridized carbons (Fsp3) is 0.304. The molecule has 7 nitrogen and oxygen atoms in total. The van der Waals surface area contributed by atoms with Crippen LogP contribution >= 0.6 is 11.3 Å². The smallest absolute Gasteiger partial charge is 0.272 e. The number of fused-ring (bicyclic) bond motifs is 2. The molecule has 0 fully saturated rings. The van der Waals surface area contributed by atoms with Crippen molar-refractivity contribution in [2.45, 2.75) is 46.0 Å². The van der Waals surface area contributed by atoms with Crippen molar-refractivity contribution in [3.63, 3.8) is 0 Å². The second-order valence-corrected chi connectivity index (χ2v) is 8.82. The molecule has 1 aliphatic carbocycles. The van der Waals surface area contributed by atoms with E-state index in [0.29, 0.717) is 16.1 Å². The number of nitrogens with one attached hydrogen (secondary N) is 3. The lowest BCUT2D eigenvalue weighted by Gasteiger charge is -2.10. The number of amides is 3. The van der Waals surface area contributed by atoms with E-state index >= 15 is 0 Å². The number of benzene rings is 1. The fourth-order valence-electron chi connectivity index (χ4n) is 3.82. The summed E-state index contributed by atoms with van der Waals surface area (Å²) in [6, 6.07) is 9.20. The Bertz CT molecular complexity index is 1190. The van der Waals surface area contributed by atoms with Crippen LogP contribution < -0.4 is 16.2 Å². The lowest BCUT2D eigenvalue weighted by atomic mass is 10.0. The summed E-state index contributed by atoms with van der Waals surface area (Å²) in [5, 5.41) is 4.33. The Labute approximate surface area is 184 Å². The summed E-state index contributed by atoms with van der Waals surface area (Å²) in [6.07, 6.45) is 4.84. The van der Waals surface area contributed by atoms with Gasteiger partial charge in [0.05, 0.1) is 11.1 Å². The van der Waals surface area contributed by atoms with Gasteiger partial charge in [-0.1, -0.05) is 12.5 Å². The van der Waals surface area contributed by atoms with E-state index in [4.69, 9.17) is 0 Å². The summed E-state index contributed by atoms with van der Waals surface area (Å²) in [5.41, 5.74) is 8.44. The van der Waals surface area contributed by atoms with Gasteiger partial charge in [0.15, 0.2) is 0 Å². The van der Waals surface area contributed by atoms with Crippen LogP contribution in [0.1, 0.15) is 63.0 Å². The quantitative estimate of drug-likeness (QED) is 0.428. The van der Waals surface area contributed by atoms with Gasteiger partial charge in [0.1, 0.15) is 5.00 Å². The highest BCUT2D eigenvalue weighted by molar-refractivity contribution is 7.17. The van der Waals surface area contributed by atoms with Gasteiger partial charge in [-0.2, -0.15) is 0 Å². The zero-order valence-corrected chi connectivity index (χ0v) is 18.3. The zero-order chi connectivity index (χ0) is 22.0. The Hall–Kier alpha value is -3.26. The van der Waals surface area contributed by atoms with Crippen molar-refractivity contribution in [3.8, 4) is 0 Å². The molecule has 4 rings (SSSR count). The molecule has 0 spiro atoms. The topological polar surface area (TPSA) is 100 Å². The maximum atomic E-state index is 13.0. The molecule has 0 bridgehead atoms. The highest BCUT2D eigenvalue weighted by Gasteiger charge is 2.26. The van der Waals surface area contributed by atoms with Gasteiger partial charge in [-0.25, -0.2) is 0 Å². The number of rotatable bonds is 3. The van der Waals surface area contributed by atoms with Gasteiger partial charge in [-0.15, -0.1) is 11.3 Å². The maximum Gasteiger partial charge on any atom is 0.272 e. The van der Waals surface area contributed by atoms with Gasteiger partial charge in [0.25, 0.3) is 11.8 Å². The predicted octanol–water partition coefficient (Wildman–Crippen LogP) is 3.91. The molecule has 0 saturated carbocycles. The van der Waals surface area contributed by atoms with Crippen LogP contribution in [0.3, 0.4) is 0 Å². The molecule has 3 aromatic rings. The van der Waals surface area contributed by atoms with Crippen molar-refractivity contribution in [2.24, 2.45) is 0 Å². The lowest BCUT2D eigenvalue weighted by Crippen LogP contribution is -2.40. The third-order valence-electron chi connectivity index (χ3n) is 5.32. The molecule has 2 heterocycles. The van der Waals surface area contributed by atoms with E-state index in [-0.39, 0.29) is 11.8 Å². The molecular weight excluding hydrogens is 412 g/mol. The van der Waals surface area contributed by atoms with E-state index in [2.05, 4.69) is 21.2 Å². The lowest BCUT2D eigenvalue weighted by molar-refractivity contribution is -0.119. The number of nitrogens with zero attached hydrogens (tertiary/aromatic N) is 1. The number of hydrogen-bond donors (Lipinski definition) is 3. The van der Waals surface area contributed by atoms with Crippen molar-refractivity contribution in [1.29, 1.82) is 0 Å². The first-order valence-electron chi connectivity index (χ1n) is 10.3. The molecule has 160 valence electrons. The van der Waals surface area contributed by atoms with Crippen LogP contribution in [0.25, 0.3) is 10.9 Å². The minimum absolute atomic E-state index is 0.285. The van der Waals surface area contributed by atoms with E-state index in [1.165, 1.54) is 18.3 Å². The van der Waals surface area contributed by atoms with E-state index in [1.807, 2.05) is 25.1 Å². The van der Waals surface area contributed by atoms with Crippen LogP contribution in [0.4, 0.5) is 5.00 Å². The number of aromatic nitrogens is 1. The number of pyridine rings is 1. The average Bonchev–Trinajstić information content (AvgIpc) is 2.91. The number of carbonyl (C=O) groups excluding carboxylic acids is 3. The molecule has 0 saturated heterocycles. The fourth-order valence-corrected chi connectivity index (χ4v) is 5.10. The summed E-state index contributed by atoms with van der Waals surface area (Å²) in [6.45, 7) is 3.25. The number of hydrogen-bond acceptors (Lipinski definition) is 5. The molecule has 3 amide bonds. The third kappa shape index (κ3) is 4.59. The highest BCUT2D eigenvalue weighted by Crippen LogP contribution is 2.37. The Morgan fingerprint density at radius 2 is 1.77 bits per heavy atom. The first kappa shape index (κ1) is 21.0. The monoisotopic (exact) mass is 436 g/mol. The van der Waals surface area contributed by atoms with Crippen LogP contribution in [0.5, 0.6) is 0 Å². The molecule has 0 aliphatic heterocycles. The molecule has 2 aromatic heterocycles. The Kier molecular flexibility index (Phi) is 5.99. The van der Waals surface area contributed by atoms with Gasteiger partial charge in [-0.3, -0.25) is 30.2 Å². The van der Waals surface area contributed by atoms with Crippen molar-refractivity contribution in [1.82, 2.24) is 15.8 Å². The van der Waals surface area contributed by atoms with Crippen LogP contribution in [0.2, 0.25) is 0 Å².